The van der Waals surface area contributed by atoms with Crippen molar-refractivity contribution in [2.75, 3.05) is 6.54 Å². The van der Waals surface area contributed by atoms with E-state index < -0.39 is 21.2 Å². The van der Waals surface area contributed by atoms with Gasteiger partial charge in [0.2, 0.25) is 0 Å². The standard InChI is InChI=1S/C34H34F3N3O5S/c1-33(2,3)44-32(41)40-16-4-5-27(40)31-38-25-14-12-21(18-26(25)39-31)19-6-8-20(9-7-19)24-13-15-28(45-46(42,43)34(35,36)37)30-23-11-10-22(17-23)29(24)30/h6-9,12-15,18,22-23,27H,4-5,10-11,16-17H2,1-3H3,(H,38,39)/t22?,23?,27-/m0/s1. The van der Waals surface area contributed by atoms with E-state index in [9.17, 15) is 26.4 Å². The number of carbonyl (C=O) groups excluding carboxylic acids is 1. The molecule has 242 valence electrons. The third-order valence-corrected chi connectivity index (χ3v) is 10.2. The minimum Gasteiger partial charge on any atom is -0.444 e. The second kappa shape index (κ2) is 10.8. The number of amides is 1. The zero-order valence-electron chi connectivity index (χ0n) is 25.6. The molecule has 3 aliphatic rings. The Hall–Kier alpha value is -4.06. The third kappa shape index (κ3) is 5.40. The maximum Gasteiger partial charge on any atom is 0.534 e. The number of alkyl halides is 3. The van der Waals surface area contributed by atoms with Crippen molar-refractivity contribution in [2.24, 2.45) is 0 Å². The van der Waals surface area contributed by atoms with Crippen LogP contribution in [-0.4, -0.2) is 47.0 Å². The van der Waals surface area contributed by atoms with Gasteiger partial charge in [-0.05, 0) is 111 Å². The van der Waals surface area contributed by atoms with Gasteiger partial charge in [0.15, 0.2) is 0 Å². The molecular weight excluding hydrogens is 619 g/mol. The van der Waals surface area contributed by atoms with Crippen LogP contribution in [0.5, 0.6) is 5.75 Å². The lowest BCUT2D eigenvalue weighted by atomic mass is 9.85. The van der Waals surface area contributed by atoms with Crippen LogP contribution in [0.4, 0.5) is 18.0 Å². The molecule has 4 aromatic rings. The number of aromatic nitrogens is 2. The van der Waals surface area contributed by atoms with Crippen molar-refractivity contribution in [3.8, 4) is 28.0 Å². The first-order valence-electron chi connectivity index (χ1n) is 15.5. The summed E-state index contributed by atoms with van der Waals surface area (Å²) in [4.78, 5) is 22.8. The van der Waals surface area contributed by atoms with Gasteiger partial charge in [0.05, 0.1) is 17.1 Å². The first-order chi connectivity index (χ1) is 21.7. The zero-order chi connectivity index (χ0) is 32.6. The predicted molar refractivity (Wildman–Crippen MR) is 167 cm³/mol. The van der Waals surface area contributed by atoms with Crippen molar-refractivity contribution in [1.82, 2.24) is 14.9 Å². The number of benzene rings is 3. The Labute approximate surface area is 265 Å². The fraction of sp³-hybridized carbons (Fsp3) is 0.412. The summed E-state index contributed by atoms with van der Waals surface area (Å²) in [7, 11) is -5.77. The Morgan fingerprint density at radius 1 is 0.913 bits per heavy atom. The molecule has 12 heteroatoms. The highest BCUT2D eigenvalue weighted by Gasteiger charge is 2.50. The summed E-state index contributed by atoms with van der Waals surface area (Å²) in [6.45, 7) is 6.16. The Bertz CT molecular complexity index is 1950. The van der Waals surface area contributed by atoms with E-state index in [4.69, 9.17) is 9.72 Å². The summed E-state index contributed by atoms with van der Waals surface area (Å²) < 4.78 is 73.2. The maximum atomic E-state index is 13.1. The van der Waals surface area contributed by atoms with Gasteiger partial charge in [-0.15, -0.1) is 0 Å². The number of aromatic amines is 1. The number of nitrogens with zero attached hydrogens (tertiary/aromatic N) is 2. The second-order valence-electron chi connectivity index (χ2n) is 13.4. The van der Waals surface area contributed by atoms with E-state index in [0.29, 0.717) is 12.1 Å². The number of H-pyrrole nitrogens is 1. The number of ether oxygens (including phenoxy) is 1. The molecule has 1 saturated carbocycles. The molecule has 1 saturated heterocycles. The third-order valence-electron chi connectivity index (χ3n) is 9.21. The van der Waals surface area contributed by atoms with Crippen LogP contribution in [0.2, 0.25) is 0 Å². The monoisotopic (exact) mass is 653 g/mol. The molecule has 3 atom stereocenters. The number of imidazole rings is 1. The Morgan fingerprint density at radius 2 is 1.59 bits per heavy atom. The molecule has 1 amide bonds. The maximum absolute atomic E-state index is 13.1. The summed E-state index contributed by atoms with van der Waals surface area (Å²) in [5.41, 5.74) is 0.747. The molecule has 46 heavy (non-hydrogen) atoms. The van der Waals surface area contributed by atoms with Gasteiger partial charge in [0.1, 0.15) is 17.2 Å². The summed E-state index contributed by atoms with van der Waals surface area (Å²) in [5.74, 6) is 0.627. The van der Waals surface area contributed by atoms with Gasteiger partial charge in [0, 0.05) is 12.1 Å². The lowest BCUT2D eigenvalue weighted by Gasteiger charge is -2.27. The average molecular weight is 654 g/mol. The number of hydrogen-bond acceptors (Lipinski definition) is 6. The number of hydrogen-bond donors (Lipinski definition) is 1. The molecule has 7 rings (SSSR count). The van der Waals surface area contributed by atoms with Crippen LogP contribution in [0.25, 0.3) is 33.3 Å². The smallest absolute Gasteiger partial charge is 0.444 e. The molecule has 0 radical (unpaired) electrons. The molecule has 1 aromatic heterocycles. The number of nitrogens with one attached hydrogen (secondary N) is 1. The average Bonchev–Trinajstić information content (AvgIpc) is 3.79. The minimum atomic E-state index is -5.77. The number of likely N-dealkylation sites (tertiary alicyclic amines) is 1. The van der Waals surface area contributed by atoms with Crippen molar-refractivity contribution < 1.29 is 35.3 Å². The van der Waals surface area contributed by atoms with Crippen molar-refractivity contribution >= 4 is 27.2 Å². The van der Waals surface area contributed by atoms with Crippen LogP contribution in [0.1, 0.15) is 87.7 Å². The molecule has 2 unspecified atom stereocenters. The zero-order valence-corrected chi connectivity index (χ0v) is 26.5. The number of rotatable bonds is 5. The van der Waals surface area contributed by atoms with Crippen molar-refractivity contribution in [1.29, 1.82) is 0 Å². The van der Waals surface area contributed by atoms with Crippen LogP contribution in [-0.2, 0) is 14.9 Å². The summed E-state index contributed by atoms with van der Waals surface area (Å²) in [6, 6.07) is 16.7. The van der Waals surface area contributed by atoms with Gasteiger partial charge in [-0.2, -0.15) is 21.6 Å². The number of fused-ring (bicyclic) bond motifs is 6. The van der Waals surface area contributed by atoms with E-state index in [-0.39, 0.29) is 29.7 Å². The summed E-state index contributed by atoms with van der Waals surface area (Å²) in [5, 5.41) is 0. The Morgan fingerprint density at radius 3 is 2.28 bits per heavy atom. The van der Waals surface area contributed by atoms with Crippen LogP contribution in [0.15, 0.2) is 54.6 Å². The Kier molecular flexibility index (Phi) is 7.15. The van der Waals surface area contributed by atoms with Gasteiger partial charge in [-0.1, -0.05) is 36.4 Å². The predicted octanol–water partition coefficient (Wildman–Crippen LogP) is 8.56. The normalized spacial score (nSPS) is 21.2. The van der Waals surface area contributed by atoms with Crippen molar-refractivity contribution in [3.63, 3.8) is 0 Å². The second-order valence-corrected chi connectivity index (χ2v) is 14.9. The van der Waals surface area contributed by atoms with Gasteiger partial charge in [-0.3, -0.25) is 4.90 Å². The largest absolute Gasteiger partial charge is 0.534 e. The van der Waals surface area contributed by atoms with Gasteiger partial charge >= 0.3 is 21.7 Å². The van der Waals surface area contributed by atoms with Crippen molar-refractivity contribution in [2.45, 2.75) is 81.9 Å². The minimum absolute atomic E-state index is 0.0240. The van der Waals surface area contributed by atoms with Crippen LogP contribution >= 0.6 is 0 Å². The van der Waals surface area contributed by atoms with E-state index in [2.05, 4.69) is 9.17 Å². The Balaban J connectivity index is 1.15. The summed E-state index contributed by atoms with van der Waals surface area (Å²) >= 11 is 0. The van der Waals surface area contributed by atoms with E-state index in [1.807, 2.05) is 63.2 Å². The van der Waals surface area contributed by atoms with Gasteiger partial charge in [-0.25, -0.2) is 9.78 Å². The molecular formula is C34H34F3N3O5S. The van der Waals surface area contributed by atoms with Crippen LogP contribution in [0, 0.1) is 0 Å². The first kappa shape index (κ1) is 30.6. The van der Waals surface area contributed by atoms with Crippen LogP contribution in [0.3, 0.4) is 0 Å². The highest BCUT2D eigenvalue weighted by atomic mass is 32.2. The lowest BCUT2D eigenvalue weighted by Crippen LogP contribution is -2.36. The van der Waals surface area contributed by atoms with E-state index in [0.717, 1.165) is 76.8 Å². The number of carbonyl (C=O) groups is 1. The number of halogens is 3. The SMILES string of the molecule is CC(C)(C)OC(=O)N1CCC[C@H]1c1nc2ccc(-c3ccc(-c4ccc(OS(=O)(=O)C(F)(F)F)c5c4C4CCC5C4)cc3)cc2[nH]1. The molecule has 2 aliphatic carbocycles. The molecule has 2 heterocycles. The van der Waals surface area contributed by atoms with Crippen molar-refractivity contribution in [3.05, 3.63) is 71.5 Å². The van der Waals surface area contributed by atoms with Gasteiger partial charge < -0.3 is 13.9 Å². The summed E-state index contributed by atoms with van der Waals surface area (Å²) in [6.07, 6.45) is 3.79. The fourth-order valence-electron chi connectivity index (χ4n) is 7.27. The lowest BCUT2D eigenvalue weighted by molar-refractivity contribution is -0.0500. The quantitative estimate of drug-likeness (QED) is 0.171. The molecule has 2 bridgehead atoms. The van der Waals surface area contributed by atoms with E-state index in [1.165, 1.54) is 6.07 Å². The first-order valence-corrected chi connectivity index (χ1v) is 16.9. The van der Waals surface area contributed by atoms with E-state index in [1.54, 1.807) is 11.0 Å². The molecule has 1 N–H and O–H groups in total. The topological polar surface area (TPSA) is 102 Å². The van der Waals surface area contributed by atoms with Gasteiger partial charge in [0.25, 0.3) is 0 Å². The molecule has 8 nitrogen and oxygen atoms in total. The van der Waals surface area contributed by atoms with Crippen LogP contribution < -0.4 is 4.18 Å². The highest BCUT2D eigenvalue weighted by molar-refractivity contribution is 7.88. The molecule has 2 fully saturated rings. The molecule has 1 aliphatic heterocycles. The fourth-order valence-corrected chi connectivity index (χ4v) is 7.75. The van der Waals surface area contributed by atoms with E-state index >= 15 is 0 Å². The highest BCUT2D eigenvalue weighted by Crippen LogP contribution is 2.58. The molecule has 3 aromatic carbocycles. The molecule has 0 spiro atoms.